The molecule has 10 heteroatoms. The second-order valence-corrected chi connectivity index (χ2v) is 5.32. The number of nitrogens with one attached hydrogen (secondary N) is 2. The van der Waals surface area contributed by atoms with E-state index in [2.05, 4.69) is 20.6 Å². The number of hydrogen-bond donors (Lipinski definition) is 2. The molecule has 0 unspecified atom stereocenters. The van der Waals surface area contributed by atoms with Crippen molar-refractivity contribution in [2.45, 2.75) is 19.5 Å². The Morgan fingerprint density at radius 1 is 1.22 bits per heavy atom. The van der Waals surface area contributed by atoms with Crippen LogP contribution in [0.1, 0.15) is 17.9 Å². The smallest absolute Gasteiger partial charge is 0.319 e. The number of guanidine groups is 1. The third-order valence-electron chi connectivity index (χ3n) is 3.75. The highest BCUT2D eigenvalue weighted by Gasteiger charge is 2.11. The van der Waals surface area contributed by atoms with Gasteiger partial charge in [-0.25, -0.2) is 4.98 Å². The predicted molar refractivity (Wildman–Crippen MR) is 110 cm³/mol. The van der Waals surface area contributed by atoms with Gasteiger partial charge in [-0.1, -0.05) is 6.07 Å². The number of halogens is 3. The van der Waals surface area contributed by atoms with Crippen molar-refractivity contribution in [3.63, 3.8) is 0 Å². The van der Waals surface area contributed by atoms with Crippen molar-refractivity contribution in [2.24, 2.45) is 4.99 Å². The number of ether oxygens (including phenoxy) is 2. The van der Waals surface area contributed by atoms with Crippen molar-refractivity contribution in [1.29, 1.82) is 0 Å². The predicted octanol–water partition coefficient (Wildman–Crippen LogP) is 2.82. The topological polar surface area (TPSA) is 72.7 Å². The molecule has 0 aliphatic carbocycles. The highest BCUT2D eigenvalue weighted by atomic mass is 127. The lowest BCUT2D eigenvalue weighted by molar-refractivity contribution is 0.0668. The third kappa shape index (κ3) is 6.52. The Morgan fingerprint density at radius 3 is 2.59 bits per heavy atom. The van der Waals surface area contributed by atoms with E-state index in [-0.39, 0.29) is 36.3 Å². The lowest BCUT2D eigenvalue weighted by atomic mass is 10.1. The van der Waals surface area contributed by atoms with E-state index in [9.17, 15) is 8.78 Å². The van der Waals surface area contributed by atoms with Crippen molar-refractivity contribution in [1.82, 2.24) is 20.2 Å². The van der Waals surface area contributed by atoms with E-state index in [1.165, 1.54) is 12.4 Å². The average Bonchev–Trinajstić information content (AvgIpc) is 3.13. The van der Waals surface area contributed by atoms with E-state index in [0.717, 1.165) is 16.6 Å². The summed E-state index contributed by atoms with van der Waals surface area (Å²) >= 11 is 0. The molecule has 150 valence electrons. The van der Waals surface area contributed by atoms with Crippen LogP contribution >= 0.6 is 24.0 Å². The summed E-state index contributed by atoms with van der Waals surface area (Å²) in [5.41, 5.74) is 1.07. The summed E-state index contributed by atoms with van der Waals surface area (Å²) in [5, 5.41) is 6.11. The molecule has 1 heterocycles. The van der Waals surface area contributed by atoms with Gasteiger partial charge in [0.05, 0.1) is 20.8 Å². The highest BCUT2D eigenvalue weighted by Crippen LogP contribution is 2.27. The molecule has 7 nitrogen and oxygen atoms in total. The van der Waals surface area contributed by atoms with Crippen LogP contribution in [0.5, 0.6) is 11.5 Å². The third-order valence-corrected chi connectivity index (χ3v) is 3.75. The second kappa shape index (κ2) is 11.6. The van der Waals surface area contributed by atoms with Crippen LogP contribution in [0.3, 0.4) is 0 Å². The molecule has 1 aromatic carbocycles. The summed E-state index contributed by atoms with van der Waals surface area (Å²) < 4.78 is 36.9. The van der Waals surface area contributed by atoms with Gasteiger partial charge in [-0.15, -0.1) is 24.0 Å². The van der Waals surface area contributed by atoms with Crippen LogP contribution in [0.15, 0.2) is 35.6 Å². The highest BCUT2D eigenvalue weighted by molar-refractivity contribution is 14.0. The molecule has 0 fully saturated rings. The molecular formula is C17H24F2IN5O2. The molecule has 0 amide bonds. The first-order valence-electron chi connectivity index (χ1n) is 8.04. The Bertz CT molecular complexity index is 740. The number of alkyl halides is 2. The van der Waals surface area contributed by atoms with Gasteiger partial charge in [0.2, 0.25) is 0 Å². The zero-order chi connectivity index (χ0) is 18.9. The van der Waals surface area contributed by atoms with Crippen LogP contribution < -0.4 is 20.1 Å². The Hall–Kier alpha value is -2.11. The van der Waals surface area contributed by atoms with Gasteiger partial charge in [0.25, 0.3) is 0 Å². The van der Waals surface area contributed by atoms with Crippen molar-refractivity contribution in [3.05, 3.63) is 42.0 Å². The maximum Gasteiger partial charge on any atom is 0.319 e. The molecule has 1 aromatic heterocycles. The summed E-state index contributed by atoms with van der Waals surface area (Å²) in [5.74, 6) is 2.10. The number of nitrogens with zero attached hydrogens (tertiary/aromatic N) is 3. The van der Waals surface area contributed by atoms with Crippen molar-refractivity contribution < 1.29 is 18.3 Å². The van der Waals surface area contributed by atoms with Gasteiger partial charge in [-0.2, -0.15) is 8.78 Å². The number of rotatable bonds is 8. The lowest BCUT2D eigenvalue weighted by Crippen LogP contribution is -2.38. The first-order chi connectivity index (χ1) is 12.6. The fraction of sp³-hybridized carbons (Fsp3) is 0.412. The van der Waals surface area contributed by atoms with E-state index in [0.29, 0.717) is 24.0 Å². The Morgan fingerprint density at radius 2 is 1.96 bits per heavy atom. The van der Waals surface area contributed by atoms with Crippen LogP contribution in [0.2, 0.25) is 0 Å². The fourth-order valence-electron chi connectivity index (χ4n) is 2.40. The van der Waals surface area contributed by atoms with E-state index < -0.39 is 6.55 Å². The standard InChI is InChI=1S/C17H23F2N5O2.HI/c1-20-17(23-11-15-21-8-9-24(15)16(18)19)22-7-6-12-4-5-13(25-2)14(10-12)26-3;/h4-5,8-10,16H,6-7,11H2,1-3H3,(H2,20,22,23);1H. The van der Waals surface area contributed by atoms with E-state index in [1.807, 2.05) is 18.2 Å². The molecule has 0 atom stereocenters. The molecule has 0 aliphatic rings. The van der Waals surface area contributed by atoms with E-state index in [4.69, 9.17) is 9.47 Å². The number of hydrogen-bond acceptors (Lipinski definition) is 4. The summed E-state index contributed by atoms with van der Waals surface area (Å²) in [6.45, 7) is -1.86. The number of methoxy groups -OCH3 is 2. The van der Waals surface area contributed by atoms with Gasteiger partial charge in [0.1, 0.15) is 5.82 Å². The Kier molecular flexibility index (Phi) is 9.83. The van der Waals surface area contributed by atoms with Crippen molar-refractivity contribution in [3.8, 4) is 11.5 Å². The van der Waals surface area contributed by atoms with Gasteiger partial charge >= 0.3 is 6.55 Å². The van der Waals surface area contributed by atoms with Gasteiger partial charge in [0, 0.05) is 26.0 Å². The molecule has 2 rings (SSSR count). The quantitative estimate of drug-likeness (QED) is 0.335. The molecule has 2 N–H and O–H groups in total. The lowest BCUT2D eigenvalue weighted by Gasteiger charge is -2.13. The summed E-state index contributed by atoms with van der Waals surface area (Å²) in [6.07, 6.45) is 3.32. The van der Waals surface area contributed by atoms with Crippen LogP contribution in [-0.4, -0.2) is 43.3 Å². The maximum absolute atomic E-state index is 12.8. The van der Waals surface area contributed by atoms with Crippen LogP contribution in [0.25, 0.3) is 0 Å². The largest absolute Gasteiger partial charge is 0.493 e. The van der Waals surface area contributed by atoms with Gasteiger partial charge in [-0.3, -0.25) is 9.56 Å². The van der Waals surface area contributed by atoms with Crippen LogP contribution in [-0.2, 0) is 13.0 Å². The first kappa shape index (κ1) is 22.9. The maximum atomic E-state index is 12.8. The molecule has 0 radical (unpaired) electrons. The van der Waals surface area contributed by atoms with Crippen LogP contribution in [0, 0.1) is 0 Å². The number of imidazole rings is 1. The number of aromatic nitrogens is 2. The molecule has 0 spiro atoms. The number of benzene rings is 1. The molecule has 27 heavy (non-hydrogen) atoms. The number of aliphatic imine (C=N–C) groups is 1. The Labute approximate surface area is 174 Å². The monoisotopic (exact) mass is 495 g/mol. The second-order valence-electron chi connectivity index (χ2n) is 5.32. The van der Waals surface area contributed by atoms with Crippen LogP contribution in [0.4, 0.5) is 8.78 Å². The SMILES string of the molecule is CN=C(NCCc1ccc(OC)c(OC)c1)NCc1nccn1C(F)F.I. The first-order valence-corrected chi connectivity index (χ1v) is 8.04. The molecule has 2 aromatic rings. The molecule has 0 saturated carbocycles. The van der Waals surface area contributed by atoms with Crippen molar-refractivity contribution in [2.75, 3.05) is 27.8 Å². The molecule has 0 aliphatic heterocycles. The van der Waals surface area contributed by atoms with Gasteiger partial charge in [0.15, 0.2) is 17.5 Å². The van der Waals surface area contributed by atoms with Gasteiger partial charge in [-0.05, 0) is 24.1 Å². The zero-order valence-electron chi connectivity index (χ0n) is 15.4. The zero-order valence-corrected chi connectivity index (χ0v) is 17.7. The average molecular weight is 495 g/mol. The molecular weight excluding hydrogens is 471 g/mol. The van der Waals surface area contributed by atoms with E-state index in [1.54, 1.807) is 21.3 Å². The van der Waals surface area contributed by atoms with E-state index >= 15 is 0 Å². The Balaban J connectivity index is 0.00000364. The minimum absolute atomic E-state index is 0. The summed E-state index contributed by atoms with van der Waals surface area (Å²) in [6, 6.07) is 5.72. The molecule has 0 saturated heterocycles. The normalized spacial score (nSPS) is 11.1. The summed E-state index contributed by atoms with van der Waals surface area (Å²) in [7, 11) is 4.80. The fourth-order valence-corrected chi connectivity index (χ4v) is 2.40. The minimum atomic E-state index is -2.62. The molecule has 0 bridgehead atoms. The summed E-state index contributed by atoms with van der Waals surface area (Å²) in [4.78, 5) is 8.00. The van der Waals surface area contributed by atoms with Gasteiger partial charge < -0.3 is 20.1 Å². The van der Waals surface area contributed by atoms with Crippen molar-refractivity contribution >= 4 is 29.9 Å². The minimum Gasteiger partial charge on any atom is -0.493 e.